The van der Waals surface area contributed by atoms with Crippen LogP contribution in [0.1, 0.15) is 6.42 Å². The molecular formula is C19H16F6N2O3S2. The van der Waals surface area contributed by atoms with Crippen LogP contribution in [-0.4, -0.2) is 53.9 Å². The van der Waals surface area contributed by atoms with Crippen LogP contribution in [0.25, 0.3) is 10.6 Å². The number of hydrogen-bond acceptors (Lipinski definition) is 5. The molecule has 1 atom stereocenters. The molecule has 32 heavy (non-hydrogen) atoms. The van der Waals surface area contributed by atoms with Gasteiger partial charge in [-0.25, -0.2) is 8.42 Å². The average molecular weight is 498 g/mol. The first-order chi connectivity index (χ1) is 14.7. The SMILES string of the molecule is CN(C1C=CC(C(O)(C(F)(F)F)C(F)(F)F)=CC1)S(=O)(=O)c1ccc(-c2ccccn2)s1. The summed E-state index contributed by atoms with van der Waals surface area (Å²) in [6, 6.07) is 6.95. The first kappa shape index (κ1) is 24.4. The highest BCUT2D eigenvalue weighted by molar-refractivity contribution is 7.91. The lowest BCUT2D eigenvalue weighted by molar-refractivity contribution is -0.351. The van der Waals surface area contributed by atoms with E-state index < -0.39 is 46.0 Å². The van der Waals surface area contributed by atoms with Crippen molar-refractivity contribution in [1.82, 2.24) is 9.29 Å². The Kier molecular flexibility index (Phi) is 6.32. The van der Waals surface area contributed by atoms with Crippen molar-refractivity contribution >= 4 is 21.4 Å². The molecule has 0 radical (unpaired) electrons. The molecule has 1 N–H and O–H groups in total. The molecule has 5 nitrogen and oxygen atoms in total. The molecule has 1 aliphatic rings. The van der Waals surface area contributed by atoms with Gasteiger partial charge in [0.25, 0.3) is 15.6 Å². The minimum absolute atomic E-state index is 0.0640. The Morgan fingerprint density at radius 2 is 1.75 bits per heavy atom. The smallest absolute Gasteiger partial charge is 0.370 e. The third kappa shape index (κ3) is 4.21. The number of pyridine rings is 1. The topological polar surface area (TPSA) is 70.5 Å². The van der Waals surface area contributed by atoms with Gasteiger partial charge >= 0.3 is 12.4 Å². The molecule has 0 saturated heterocycles. The summed E-state index contributed by atoms with van der Waals surface area (Å²) in [5.41, 5.74) is -5.91. The number of nitrogens with zero attached hydrogens (tertiary/aromatic N) is 2. The van der Waals surface area contributed by atoms with Crippen molar-refractivity contribution in [3.8, 4) is 10.6 Å². The number of thiophene rings is 1. The van der Waals surface area contributed by atoms with Gasteiger partial charge in [0.15, 0.2) is 0 Å². The molecular weight excluding hydrogens is 482 g/mol. The highest BCUT2D eigenvalue weighted by Gasteiger charge is 2.71. The summed E-state index contributed by atoms with van der Waals surface area (Å²) in [4.78, 5) is 4.69. The summed E-state index contributed by atoms with van der Waals surface area (Å²) in [5, 5.41) is 9.48. The maximum absolute atomic E-state index is 13.0. The minimum atomic E-state index is -6.01. The van der Waals surface area contributed by atoms with Crippen molar-refractivity contribution in [1.29, 1.82) is 0 Å². The van der Waals surface area contributed by atoms with Gasteiger partial charge in [0.05, 0.1) is 10.6 Å². The highest BCUT2D eigenvalue weighted by Crippen LogP contribution is 2.48. The van der Waals surface area contributed by atoms with Crippen LogP contribution < -0.4 is 0 Å². The van der Waals surface area contributed by atoms with E-state index in [2.05, 4.69) is 4.98 Å². The fraction of sp³-hybridized carbons (Fsp3) is 0.316. The normalized spacial score (nSPS) is 18.2. The Morgan fingerprint density at radius 3 is 2.25 bits per heavy atom. The van der Waals surface area contributed by atoms with E-state index >= 15 is 0 Å². The van der Waals surface area contributed by atoms with Gasteiger partial charge in [-0.1, -0.05) is 24.3 Å². The summed E-state index contributed by atoms with van der Waals surface area (Å²) in [6.45, 7) is 0. The van der Waals surface area contributed by atoms with Gasteiger partial charge < -0.3 is 5.11 Å². The maximum Gasteiger partial charge on any atom is 0.430 e. The lowest BCUT2D eigenvalue weighted by Gasteiger charge is -2.35. The monoisotopic (exact) mass is 498 g/mol. The van der Waals surface area contributed by atoms with E-state index in [1.165, 1.54) is 19.3 Å². The quantitative estimate of drug-likeness (QED) is 0.615. The number of rotatable bonds is 5. The molecule has 0 bridgehead atoms. The van der Waals surface area contributed by atoms with Crippen molar-refractivity contribution in [2.24, 2.45) is 0 Å². The molecule has 2 aromatic heterocycles. The molecule has 3 rings (SSSR count). The molecule has 0 spiro atoms. The van der Waals surface area contributed by atoms with Crippen molar-refractivity contribution in [2.75, 3.05) is 7.05 Å². The number of sulfonamides is 1. The molecule has 0 aliphatic heterocycles. The average Bonchev–Trinajstić information content (AvgIpc) is 3.23. The van der Waals surface area contributed by atoms with Crippen LogP contribution in [0.2, 0.25) is 0 Å². The molecule has 1 aliphatic carbocycles. The van der Waals surface area contributed by atoms with E-state index in [1.807, 2.05) is 0 Å². The third-order valence-electron chi connectivity index (χ3n) is 4.91. The third-order valence-corrected chi connectivity index (χ3v) is 8.37. The summed E-state index contributed by atoms with van der Waals surface area (Å²) in [6.07, 6.45) is -9.08. The summed E-state index contributed by atoms with van der Waals surface area (Å²) >= 11 is 0.928. The Labute approximate surface area is 183 Å². The van der Waals surface area contributed by atoms with E-state index in [-0.39, 0.29) is 4.21 Å². The van der Waals surface area contributed by atoms with Crippen LogP contribution in [0, 0.1) is 0 Å². The zero-order chi connectivity index (χ0) is 23.9. The van der Waals surface area contributed by atoms with Gasteiger partial charge in [-0.05, 0) is 36.3 Å². The molecule has 174 valence electrons. The second-order valence-electron chi connectivity index (χ2n) is 6.88. The molecule has 0 fully saturated rings. The number of halogens is 6. The van der Waals surface area contributed by atoms with Crippen LogP contribution >= 0.6 is 11.3 Å². The Balaban J connectivity index is 1.83. The number of hydrogen-bond donors (Lipinski definition) is 1. The minimum Gasteiger partial charge on any atom is -0.370 e. The number of aliphatic hydroxyl groups is 1. The standard InChI is InChI=1S/C19H16F6N2O3S2/c1-27(32(29,30)16-10-9-15(31-16)14-4-2-3-11-26-14)13-7-5-12(6-8-13)17(28,18(20,21)22)19(23,24)25/h2-7,9-11,13,28H,8H2,1H3. The number of aromatic nitrogens is 1. The van der Waals surface area contributed by atoms with Crippen LogP contribution in [0.4, 0.5) is 26.3 Å². The van der Waals surface area contributed by atoms with Crippen molar-refractivity contribution < 1.29 is 39.9 Å². The van der Waals surface area contributed by atoms with Gasteiger partial charge in [-0.2, -0.15) is 30.6 Å². The zero-order valence-corrected chi connectivity index (χ0v) is 17.9. The molecule has 0 amide bonds. The second-order valence-corrected chi connectivity index (χ2v) is 10.2. The first-order valence-corrected chi connectivity index (χ1v) is 11.2. The van der Waals surface area contributed by atoms with E-state index in [0.717, 1.165) is 21.7 Å². The van der Waals surface area contributed by atoms with Gasteiger partial charge in [-0.3, -0.25) is 4.98 Å². The van der Waals surface area contributed by atoms with Crippen LogP contribution in [0.5, 0.6) is 0 Å². The lowest BCUT2D eigenvalue weighted by atomic mass is 9.87. The van der Waals surface area contributed by atoms with E-state index in [0.29, 0.717) is 22.7 Å². The van der Waals surface area contributed by atoms with Gasteiger partial charge in [0.1, 0.15) is 4.21 Å². The summed E-state index contributed by atoms with van der Waals surface area (Å²) in [5.74, 6) is 0. The Hall–Kier alpha value is -2.22. The van der Waals surface area contributed by atoms with Crippen molar-refractivity contribution in [2.45, 2.75) is 34.6 Å². The van der Waals surface area contributed by atoms with Crippen LogP contribution in [0.3, 0.4) is 0 Å². The molecule has 0 aromatic carbocycles. The van der Waals surface area contributed by atoms with Crippen LogP contribution in [0.15, 0.2) is 64.5 Å². The highest BCUT2D eigenvalue weighted by atomic mass is 32.2. The predicted octanol–water partition coefficient (Wildman–Crippen LogP) is 4.54. The Bertz CT molecular complexity index is 1120. The number of alkyl halides is 6. The van der Waals surface area contributed by atoms with Gasteiger partial charge in [0.2, 0.25) is 0 Å². The fourth-order valence-corrected chi connectivity index (χ4v) is 5.85. The fourth-order valence-electron chi connectivity index (χ4n) is 3.06. The summed E-state index contributed by atoms with van der Waals surface area (Å²) in [7, 11) is -2.93. The molecule has 0 saturated carbocycles. The molecule has 2 heterocycles. The number of likely N-dealkylation sites (N-methyl/N-ethyl adjacent to an activating group) is 1. The van der Waals surface area contributed by atoms with E-state index in [4.69, 9.17) is 0 Å². The van der Waals surface area contributed by atoms with Crippen molar-refractivity contribution in [3.63, 3.8) is 0 Å². The molecule has 2 aromatic rings. The van der Waals surface area contributed by atoms with Crippen molar-refractivity contribution in [3.05, 3.63) is 60.3 Å². The van der Waals surface area contributed by atoms with Gasteiger partial charge in [0, 0.05) is 19.3 Å². The second kappa shape index (κ2) is 8.28. The van der Waals surface area contributed by atoms with E-state index in [9.17, 15) is 39.9 Å². The molecule has 13 heteroatoms. The predicted molar refractivity (Wildman–Crippen MR) is 105 cm³/mol. The zero-order valence-electron chi connectivity index (χ0n) is 16.2. The Morgan fingerprint density at radius 1 is 1.09 bits per heavy atom. The van der Waals surface area contributed by atoms with E-state index in [1.54, 1.807) is 24.3 Å². The van der Waals surface area contributed by atoms with Gasteiger partial charge in [-0.15, -0.1) is 11.3 Å². The summed E-state index contributed by atoms with van der Waals surface area (Å²) < 4.78 is 105. The lowest BCUT2D eigenvalue weighted by Crippen LogP contribution is -2.58. The largest absolute Gasteiger partial charge is 0.430 e. The first-order valence-electron chi connectivity index (χ1n) is 8.93. The molecule has 1 unspecified atom stereocenters. The maximum atomic E-state index is 13.0. The van der Waals surface area contributed by atoms with Crippen LogP contribution in [-0.2, 0) is 10.0 Å².